The molecular weight excluding hydrogens is 236 g/mol. The molecule has 7 heteroatoms. The normalized spacial score (nSPS) is 11.6. The van der Waals surface area contributed by atoms with E-state index in [1.807, 2.05) is 0 Å². The number of hydrogen-bond donors (Lipinski definition) is 3. The molecule has 0 saturated heterocycles. The summed E-state index contributed by atoms with van der Waals surface area (Å²) in [6.07, 6.45) is 0. The van der Waals surface area contributed by atoms with E-state index in [1.165, 1.54) is 17.8 Å². The third-order valence-corrected chi connectivity index (χ3v) is 3.76. The van der Waals surface area contributed by atoms with E-state index in [-0.39, 0.29) is 11.5 Å². The van der Waals surface area contributed by atoms with Crippen LogP contribution in [0.1, 0.15) is 0 Å². The quantitative estimate of drug-likeness (QED) is 0.513. The van der Waals surface area contributed by atoms with E-state index < -0.39 is 10.0 Å². The molecule has 0 aromatic heterocycles. The van der Waals surface area contributed by atoms with E-state index in [2.05, 4.69) is 0 Å². The fraction of sp³-hybridized carbons (Fsp3) is 0.250. The Hall–Kier alpha value is -0.760. The predicted octanol–water partition coefficient (Wildman–Crippen LogP) is 0.000600. The lowest BCUT2D eigenvalue weighted by Crippen LogP contribution is -2.13. The van der Waals surface area contributed by atoms with Gasteiger partial charge in [0, 0.05) is 16.3 Å². The Morgan fingerprint density at radius 2 is 2.07 bits per heavy atom. The van der Waals surface area contributed by atoms with Gasteiger partial charge in [-0.1, -0.05) is 0 Å². The van der Waals surface area contributed by atoms with E-state index >= 15 is 0 Å². The van der Waals surface area contributed by atoms with Crippen molar-refractivity contribution < 1.29 is 13.5 Å². The molecule has 0 radical (unpaired) electrons. The number of anilines is 1. The molecule has 0 heterocycles. The highest BCUT2D eigenvalue weighted by Crippen LogP contribution is 2.27. The lowest BCUT2D eigenvalue weighted by atomic mass is 10.3. The first-order valence-electron chi connectivity index (χ1n) is 4.11. The van der Waals surface area contributed by atoms with Gasteiger partial charge < -0.3 is 10.8 Å². The van der Waals surface area contributed by atoms with Crippen LogP contribution >= 0.6 is 11.8 Å². The number of hydrogen-bond acceptors (Lipinski definition) is 5. The van der Waals surface area contributed by atoms with Crippen LogP contribution in [0.15, 0.2) is 28.0 Å². The topological polar surface area (TPSA) is 106 Å². The van der Waals surface area contributed by atoms with Crippen molar-refractivity contribution in [3.05, 3.63) is 18.2 Å². The number of nitrogens with two attached hydrogens (primary N) is 2. The highest BCUT2D eigenvalue weighted by Gasteiger charge is 2.14. The second-order valence-corrected chi connectivity index (χ2v) is 5.49. The number of aliphatic hydroxyl groups excluding tert-OH is 1. The Morgan fingerprint density at radius 1 is 1.40 bits per heavy atom. The molecule has 0 amide bonds. The summed E-state index contributed by atoms with van der Waals surface area (Å²) in [6.45, 7) is -0.0287. The van der Waals surface area contributed by atoms with Gasteiger partial charge in [0.25, 0.3) is 0 Å². The van der Waals surface area contributed by atoms with Crippen LogP contribution in [0.2, 0.25) is 0 Å². The van der Waals surface area contributed by atoms with Crippen LogP contribution in [0.3, 0.4) is 0 Å². The van der Waals surface area contributed by atoms with Crippen molar-refractivity contribution in [3.63, 3.8) is 0 Å². The van der Waals surface area contributed by atoms with Gasteiger partial charge in [0.05, 0.1) is 11.5 Å². The van der Waals surface area contributed by atoms with Gasteiger partial charge in [0.1, 0.15) is 0 Å². The maximum absolute atomic E-state index is 11.2. The molecule has 1 aromatic rings. The minimum absolute atomic E-state index is 0.000880. The second-order valence-electron chi connectivity index (χ2n) is 2.82. The number of primary sulfonamides is 1. The highest BCUT2D eigenvalue weighted by atomic mass is 32.2. The number of aliphatic hydroxyl groups is 1. The molecule has 1 rings (SSSR count). The number of thioether (sulfide) groups is 1. The number of rotatable bonds is 4. The molecule has 0 aliphatic carbocycles. The van der Waals surface area contributed by atoms with Crippen LogP contribution in [0, 0.1) is 0 Å². The molecule has 0 saturated carbocycles. The van der Waals surface area contributed by atoms with Crippen LogP contribution in [-0.2, 0) is 10.0 Å². The zero-order valence-electron chi connectivity index (χ0n) is 7.88. The largest absolute Gasteiger partial charge is 0.399 e. The summed E-state index contributed by atoms with van der Waals surface area (Å²) in [6, 6.07) is 4.48. The second kappa shape index (κ2) is 4.84. The molecular formula is C8H12N2O3S2. The molecule has 0 fully saturated rings. The molecule has 5 nitrogen and oxygen atoms in total. The zero-order valence-corrected chi connectivity index (χ0v) is 9.51. The summed E-state index contributed by atoms with van der Waals surface area (Å²) in [5, 5.41) is 13.7. The minimum Gasteiger partial charge on any atom is -0.399 e. The van der Waals surface area contributed by atoms with E-state index in [0.717, 1.165) is 0 Å². The molecule has 0 aliphatic heterocycles. The summed E-state index contributed by atoms with van der Waals surface area (Å²) in [5.74, 6) is 0.409. The first-order chi connectivity index (χ1) is 6.95. The van der Waals surface area contributed by atoms with Gasteiger partial charge in [-0.3, -0.25) is 0 Å². The number of benzene rings is 1. The van der Waals surface area contributed by atoms with Crippen LogP contribution in [0.5, 0.6) is 0 Å². The molecule has 84 valence electrons. The molecule has 0 unspecified atom stereocenters. The minimum atomic E-state index is -3.77. The van der Waals surface area contributed by atoms with Crippen molar-refractivity contribution in [1.29, 1.82) is 0 Å². The van der Waals surface area contributed by atoms with Crippen molar-refractivity contribution in [1.82, 2.24) is 0 Å². The van der Waals surface area contributed by atoms with E-state index in [9.17, 15) is 8.42 Å². The smallest absolute Gasteiger partial charge is 0.239 e. The van der Waals surface area contributed by atoms with Crippen LogP contribution in [0.25, 0.3) is 0 Å². The standard InChI is InChI=1S/C8H12N2O3S2/c9-6-1-2-7(14-4-3-11)8(5-6)15(10,12)13/h1-2,5,11H,3-4,9H2,(H2,10,12,13). The first kappa shape index (κ1) is 12.3. The van der Waals surface area contributed by atoms with Crippen LogP contribution < -0.4 is 10.9 Å². The maximum atomic E-state index is 11.2. The van der Waals surface area contributed by atoms with Crippen LogP contribution in [-0.4, -0.2) is 25.9 Å². The monoisotopic (exact) mass is 248 g/mol. The van der Waals surface area contributed by atoms with Gasteiger partial charge in [-0.25, -0.2) is 13.6 Å². The Labute approximate surface area is 92.5 Å². The van der Waals surface area contributed by atoms with Gasteiger partial charge in [0.2, 0.25) is 10.0 Å². The Morgan fingerprint density at radius 3 is 2.60 bits per heavy atom. The Kier molecular flexibility index (Phi) is 3.97. The highest BCUT2D eigenvalue weighted by molar-refractivity contribution is 8.00. The average molecular weight is 248 g/mol. The molecule has 0 aliphatic rings. The van der Waals surface area contributed by atoms with Crippen molar-refractivity contribution in [2.24, 2.45) is 5.14 Å². The van der Waals surface area contributed by atoms with Crippen molar-refractivity contribution in [2.75, 3.05) is 18.1 Å². The fourth-order valence-corrected chi connectivity index (χ4v) is 2.87. The van der Waals surface area contributed by atoms with E-state index in [1.54, 1.807) is 12.1 Å². The third-order valence-electron chi connectivity index (χ3n) is 1.62. The Bertz CT molecular complexity index is 445. The van der Waals surface area contributed by atoms with E-state index in [0.29, 0.717) is 16.3 Å². The average Bonchev–Trinajstić information content (AvgIpc) is 2.14. The van der Waals surface area contributed by atoms with E-state index in [4.69, 9.17) is 16.0 Å². The molecule has 0 spiro atoms. The third kappa shape index (κ3) is 3.38. The summed E-state index contributed by atoms with van der Waals surface area (Å²) < 4.78 is 22.4. The summed E-state index contributed by atoms with van der Waals surface area (Å²) in [4.78, 5) is 0.502. The van der Waals surface area contributed by atoms with Gasteiger partial charge >= 0.3 is 0 Å². The maximum Gasteiger partial charge on any atom is 0.239 e. The summed E-state index contributed by atoms with van der Waals surface area (Å²) in [7, 11) is -3.77. The van der Waals surface area contributed by atoms with Crippen molar-refractivity contribution >= 4 is 27.5 Å². The lowest BCUT2D eigenvalue weighted by molar-refractivity contribution is 0.322. The molecule has 0 atom stereocenters. The van der Waals surface area contributed by atoms with Gasteiger partial charge in [-0.05, 0) is 18.2 Å². The lowest BCUT2D eigenvalue weighted by Gasteiger charge is -2.07. The number of nitrogen functional groups attached to an aromatic ring is 1. The molecule has 1 aromatic carbocycles. The zero-order chi connectivity index (χ0) is 11.5. The summed E-state index contributed by atoms with van der Waals surface area (Å²) in [5.41, 5.74) is 5.81. The first-order valence-corrected chi connectivity index (χ1v) is 6.64. The Balaban J connectivity index is 3.15. The van der Waals surface area contributed by atoms with Crippen LogP contribution in [0.4, 0.5) is 5.69 Å². The summed E-state index contributed by atoms with van der Waals surface area (Å²) >= 11 is 1.22. The van der Waals surface area contributed by atoms with Crippen molar-refractivity contribution in [2.45, 2.75) is 9.79 Å². The van der Waals surface area contributed by atoms with Crippen molar-refractivity contribution in [3.8, 4) is 0 Å². The molecule has 15 heavy (non-hydrogen) atoms. The van der Waals surface area contributed by atoms with Gasteiger partial charge in [-0.2, -0.15) is 0 Å². The molecule has 0 bridgehead atoms. The fourth-order valence-electron chi connectivity index (χ4n) is 1.02. The predicted molar refractivity (Wildman–Crippen MR) is 60.0 cm³/mol. The SMILES string of the molecule is Nc1ccc(SCCO)c(S(N)(=O)=O)c1. The molecule has 5 N–H and O–H groups in total. The van der Waals surface area contributed by atoms with Gasteiger partial charge in [-0.15, -0.1) is 11.8 Å². The number of sulfonamides is 1. The van der Waals surface area contributed by atoms with Gasteiger partial charge in [0.15, 0.2) is 0 Å².